The molecule has 2 aliphatic rings. The molecule has 0 spiro atoms. The monoisotopic (exact) mass is 353 g/mol. The molecule has 1 N–H and O–H groups in total. The summed E-state index contributed by atoms with van der Waals surface area (Å²) < 4.78 is 41.6. The van der Waals surface area contributed by atoms with Crippen molar-refractivity contribution in [2.45, 2.75) is 44.6 Å². The third-order valence-electron chi connectivity index (χ3n) is 4.24. The van der Waals surface area contributed by atoms with Crippen LogP contribution >= 0.6 is 0 Å². The Hall–Kier alpha value is -2.38. The maximum atomic E-state index is 13.9. The van der Waals surface area contributed by atoms with Gasteiger partial charge in [0, 0.05) is 17.5 Å². The van der Waals surface area contributed by atoms with Gasteiger partial charge in [-0.25, -0.2) is 4.99 Å². The Balaban J connectivity index is 2.11. The highest BCUT2D eigenvalue weighted by molar-refractivity contribution is 6.16. The van der Waals surface area contributed by atoms with Crippen LogP contribution in [0.5, 0.6) is 0 Å². The molecule has 0 aromatic heterocycles. The molecule has 134 valence electrons. The Bertz CT molecular complexity index is 726. The average molecular weight is 353 g/mol. The van der Waals surface area contributed by atoms with Crippen molar-refractivity contribution in [2.75, 3.05) is 0 Å². The number of hydrogen-bond acceptors (Lipinski definition) is 3. The van der Waals surface area contributed by atoms with E-state index in [1.165, 1.54) is 0 Å². The van der Waals surface area contributed by atoms with Gasteiger partial charge in [0.25, 0.3) is 5.91 Å². The number of amidine groups is 1. The Morgan fingerprint density at radius 2 is 1.88 bits per heavy atom. The van der Waals surface area contributed by atoms with E-state index in [0.717, 1.165) is 4.90 Å². The number of nitrogens with zero attached hydrogens (tertiary/aromatic N) is 2. The van der Waals surface area contributed by atoms with Crippen LogP contribution in [-0.2, 0) is 9.59 Å². The average Bonchev–Trinajstić information content (AvgIpc) is 3.33. The lowest BCUT2D eigenvalue weighted by Gasteiger charge is -2.30. The van der Waals surface area contributed by atoms with Crippen LogP contribution < -0.4 is 5.32 Å². The number of nitrogens with one attached hydrogen (secondary N) is 1. The number of benzene rings is 1. The summed E-state index contributed by atoms with van der Waals surface area (Å²) in [7, 11) is 0. The quantitative estimate of drug-likeness (QED) is 0.904. The zero-order chi connectivity index (χ0) is 18.4. The lowest BCUT2D eigenvalue weighted by Crippen LogP contribution is -2.64. The summed E-state index contributed by atoms with van der Waals surface area (Å²) in [5, 5.41) is 1.89. The fourth-order valence-electron chi connectivity index (χ4n) is 2.76. The third kappa shape index (κ3) is 2.89. The first-order valence-corrected chi connectivity index (χ1v) is 8.05. The lowest BCUT2D eigenvalue weighted by molar-refractivity contribution is -0.200. The van der Waals surface area contributed by atoms with Crippen LogP contribution in [0.25, 0.3) is 0 Å². The Labute approximate surface area is 142 Å². The molecule has 0 unspecified atom stereocenters. The van der Waals surface area contributed by atoms with E-state index >= 15 is 0 Å². The minimum atomic E-state index is -5.04. The maximum absolute atomic E-state index is 13.9. The second-order valence-corrected chi connectivity index (χ2v) is 6.54. The maximum Gasteiger partial charge on any atom is 0.442 e. The van der Waals surface area contributed by atoms with E-state index in [2.05, 4.69) is 4.99 Å². The highest BCUT2D eigenvalue weighted by Gasteiger charge is 2.67. The summed E-state index contributed by atoms with van der Waals surface area (Å²) in [5.74, 6) is -2.63. The van der Waals surface area contributed by atoms with Crippen molar-refractivity contribution in [3.8, 4) is 0 Å². The predicted octanol–water partition coefficient (Wildman–Crippen LogP) is 2.47. The molecule has 1 saturated carbocycles. The predicted molar refractivity (Wildman–Crippen MR) is 84.6 cm³/mol. The molecule has 1 fully saturated rings. The summed E-state index contributed by atoms with van der Waals surface area (Å²) in [5.41, 5.74) is -2.88. The summed E-state index contributed by atoms with van der Waals surface area (Å²) in [6, 6.07) is 7.63. The minimum absolute atomic E-state index is 0.0889. The molecule has 1 aliphatic heterocycles. The highest BCUT2D eigenvalue weighted by Crippen LogP contribution is 2.40. The van der Waals surface area contributed by atoms with E-state index in [0.29, 0.717) is 18.4 Å². The second-order valence-electron chi connectivity index (χ2n) is 6.54. The molecule has 2 amide bonds. The standard InChI is InChI=1S/C17H18F3N3O2/c1-10(2)23-13(11-6-4-3-5-7-11)21-16(15(23)25,17(18,19)20)22-14(24)12-8-9-12/h3-7,10,12H,8-9H2,1-2H3,(H,22,24)/t16-/m1/s1. The number of carbonyl (C=O) groups excluding carboxylic acids is 2. The number of carbonyl (C=O) groups is 2. The highest BCUT2D eigenvalue weighted by atomic mass is 19.4. The molecule has 8 heteroatoms. The molecule has 1 aromatic carbocycles. The largest absolute Gasteiger partial charge is 0.442 e. The SMILES string of the molecule is CC(C)N1C(=O)[C@@](NC(=O)C2CC2)(C(F)(F)F)N=C1c1ccccc1. The number of amides is 2. The van der Waals surface area contributed by atoms with Crippen LogP contribution in [0.2, 0.25) is 0 Å². The van der Waals surface area contributed by atoms with Gasteiger partial charge in [0.1, 0.15) is 5.84 Å². The van der Waals surface area contributed by atoms with Crippen LogP contribution in [-0.4, -0.2) is 40.4 Å². The fourth-order valence-corrected chi connectivity index (χ4v) is 2.76. The van der Waals surface area contributed by atoms with E-state index in [9.17, 15) is 22.8 Å². The van der Waals surface area contributed by atoms with Gasteiger partial charge in [-0.2, -0.15) is 13.2 Å². The van der Waals surface area contributed by atoms with Crippen molar-refractivity contribution in [3.63, 3.8) is 0 Å². The van der Waals surface area contributed by atoms with E-state index in [1.807, 2.05) is 5.32 Å². The number of rotatable bonds is 4. The molecule has 0 radical (unpaired) electrons. The first kappa shape index (κ1) is 17.4. The van der Waals surface area contributed by atoms with E-state index < -0.39 is 35.6 Å². The zero-order valence-corrected chi connectivity index (χ0v) is 13.8. The van der Waals surface area contributed by atoms with Crippen molar-refractivity contribution in [2.24, 2.45) is 10.9 Å². The van der Waals surface area contributed by atoms with Crippen molar-refractivity contribution in [3.05, 3.63) is 35.9 Å². The van der Waals surface area contributed by atoms with Crippen LogP contribution in [0.3, 0.4) is 0 Å². The molecular weight excluding hydrogens is 335 g/mol. The van der Waals surface area contributed by atoms with Gasteiger partial charge in [-0.15, -0.1) is 0 Å². The number of alkyl halides is 3. The van der Waals surface area contributed by atoms with Gasteiger partial charge in [-0.1, -0.05) is 30.3 Å². The van der Waals surface area contributed by atoms with Crippen LogP contribution in [0.4, 0.5) is 13.2 Å². The van der Waals surface area contributed by atoms with Gasteiger partial charge in [-0.3, -0.25) is 14.5 Å². The van der Waals surface area contributed by atoms with Crippen LogP contribution in [0, 0.1) is 5.92 Å². The smallest absolute Gasteiger partial charge is 0.316 e. The molecule has 1 atom stereocenters. The summed E-state index contributed by atoms with van der Waals surface area (Å²) in [6.07, 6.45) is -3.99. The molecule has 1 aliphatic carbocycles. The van der Waals surface area contributed by atoms with Crippen LogP contribution in [0.15, 0.2) is 35.3 Å². The van der Waals surface area contributed by atoms with Crippen molar-refractivity contribution in [1.29, 1.82) is 0 Å². The molecule has 1 aromatic rings. The third-order valence-corrected chi connectivity index (χ3v) is 4.24. The lowest BCUT2D eigenvalue weighted by atomic mass is 10.1. The van der Waals surface area contributed by atoms with Gasteiger partial charge < -0.3 is 5.32 Å². The molecule has 5 nitrogen and oxygen atoms in total. The molecule has 0 saturated heterocycles. The first-order valence-electron chi connectivity index (χ1n) is 8.05. The van der Waals surface area contributed by atoms with E-state index in [-0.39, 0.29) is 5.84 Å². The van der Waals surface area contributed by atoms with Gasteiger partial charge >= 0.3 is 11.8 Å². The fraction of sp³-hybridized carbons (Fsp3) is 0.471. The number of aliphatic imine (C=N–C) groups is 1. The van der Waals surface area contributed by atoms with Gasteiger partial charge in [0.2, 0.25) is 5.91 Å². The summed E-state index contributed by atoms with van der Waals surface area (Å²) in [6.45, 7) is 3.21. The first-order chi connectivity index (χ1) is 11.7. The van der Waals surface area contributed by atoms with Crippen molar-refractivity contribution >= 4 is 17.6 Å². The van der Waals surface area contributed by atoms with Crippen molar-refractivity contribution < 1.29 is 22.8 Å². The second kappa shape index (κ2) is 5.86. The number of halogens is 3. The minimum Gasteiger partial charge on any atom is -0.316 e. The van der Waals surface area contributed by atoms with Gasteiger partial charge in [-0.05, 0) is 26.7 Å². The van der Waals surface area contributed by atoms with Crippen molar-refractivity contribution in [1.82, 2.24) is 10.2 Å². The molecular formula is C17H18F3N3O2. The molecule has 3 rings (SSSR count). The normalized spacial score (nSPS) is 23.8. The topological polar surface area (TPSA) is 61.8 Å². The van der Waals surface area contributed by atoms with Crippen LogP contribution in [0.1, 0.15) is 32.3 Å². The zero-order valence-electron chi connectivity index (χ0n) is 13.8. The van der Waals surface area contributed by atoms with E-state index in [4.69, 9.17) is 0 Å². The van der Waals surface area contributed by atoms with Gasteiger partial charge in [0.05, 0.1) is 0 Å². The van der Waals surface area contributed by atoms with E-state index in [1.54, 1.807) is 44.2 Å². The Morgan fingerprint density at radius 3 is 2.36 bits per heavy atom. The van der Waals surface area contributed by atoms with Gasteiger partial charge in [0.15, 0.2) is 0 Å². The molecule has 0 bridgehead atoms. The molecule has 1 heterocycles. The Kier molecular flexibility index (Phi) is 4.09. The molecule has 25 heavy (non-hydrogen) atoms. The Morgan fingerprint density at radius 1 is 1.28 bits per heavy atom. The summed E-state index contributed by atoms with van der Waals surface area (Å²) in [4.78, 5) is 29.5. The number of hydrogen-bond donors (Lipinski definition) is 1. The summed E-state index contributed by atoms with van der Waals surface area (Å²) >= 11 is 0.